The minimum Gasteiger partial charge on any atom is -0.481 e. The van der Waals surface area contributed by atoms with Crippen LogP contribution in [0.1, 0.15) is 17.3 Å². The molecule has 0 radical (unpaired) electrons. The number of nitrogens with one attached hydrogen (secondary N) is 1. The minimum absolute atomic E-state index is 0.153. The highest BCUT2D eigenvalue weighted by atomic mass is 32.1. The van der Waals surface area contributed by atoms with Gasteiger partial charge in [-0.25, -0.2) is 0 Å². The van der Waals surface area contributed by atoms with Gasteiger partial charge in [-0.3, -0.25) is 9.59 Å². The van der Waals surface area contributed by atoms with Crippen LogP contribution < -0.4 is 5.32 Å². The third-order valence-corrected chi connectivity index (χ3v) is 3.68. The van der Waals surface area contributed by atoms with Gasteiger partial charge in [-0.15, -0.1) is 11.3 Å². The van der Waals surface area contributed by atoms with Crippen molar-refractivity contribution in [3.8, 4) is 0 Å². The first-order chi connectivity index (χ1) is 9.16. The summed E-state index contributed by atoms with van der Waals surface area (Å²) in [4.78, 5) is 23.7. The average molecular weight is 285 g/mol. The third kappa shape index (κ3) is 4.02. The SMILES string of the molecule is O=C(O)C[C@H](NC(=O)[C@H]1COCCO1)c1cccs1. The molecular weight excluding hydrogens is 270 g/mol. The van der Waals surface area contributed by atoms with E-state index in [4.69, 9.17) is 14.6 Å². The van der Waals surface area contributed by atoms with Gasteiger partial charge in [0, 0.05) is 4.88 Å². The molecule has 1 fully saturated rings. The van der Waals surface area contributed by atoms with E-state index in [1.807, 2.05) is 11.4 Å². The van der Waals surface area contributed by atoms with Crippen molar-refractivity contribution in [3.05, 3.63) is 22.4 Å². The topological polar surface area (TPSA) is 84.9 Å². The number of rotatable bonds is 5. The number of carbonyl (C=O) groups is 2. The number of amides is 1. The van der Waals surface area contributed by atoms with Crippen molar-refractivity contribution in [1.82, 2.24) is 5.32 Å². The van der Waals surface area contributed by atoms with Gasteiger partial charge in [0.2, 0.25) is 0 Å². The molecule has 0 bridgehead atoms. The monoisotopic (exact) mass is 285 g/mol. The zero-order valence-corrected chi connectivity index (χ0v) is 11.0. The van der Waals surface area contributed by atoms with Crippen molar-refractivity contribution in [1.29, 1.82) is 0 Å². The van der Waals surface area contributed by atoms with E-state index in [1.54, 1.807) is 6.07 Å². The largest absolute Gasteiger partial charge is 0.481 e. The van der Waals surface area contributed by atoms with Crippen LogP contribution >= 0.6 is 11.3 Å². The van der Waals surface area contributed by atoms with Gasteiger partial charge in [-0.1, -0.05) is 6.07 Å². The van der Waals surface area contributed by atoms with Crippen LogP contribution in [0.3, 0.4) is 0 Å². The number of hydrogen-bond acceptors (Lipinski definition) is 5. The van der Waals surface area contributed by atoms with Gasteiger partial charge in [0.25, 0.3) is 5.91 Å². The first-order valence-electron chi connectivity index (χ1n) is 5.91. The molecule has 0 aliphatic carbocycles. The molecule has 1 aromatic rings. The summed E-state index contributed by atoms with van der Waals surface area (Å²) in [6.45, 7) is 1.06. The van der Waals surface area contributed by atoms with Crippen LogP contribution in [-0.4, -0.2) is 42.9 Å². The Hall–Kier alpha value is -1.44. The number of aliphatic carboxylic acids is 1. The Morgan fingerprint density at radius 1 is 1.53 bits per heavy atom. The zero-order valence-electron chi connectivity index (χ0n) is 10.2. The first-order valence-corrected chi connectivity index (χ1v) is 6.79. The Kier molecular flexibility index (Phi) is 4.89. The quantitative estimate of drug-likeness (QED) is 0.835. The van der Waals surface area contributed by atoms with E-state index >= 15 is 0 Å². The number of thiophene rings is 1. The molecule has 0 spiro atoms. The van der Waals surface area contributed by atoms with Gasteiger partial charge >= 0.3 is 5.97 Å². The van der Waals surface area contributed by atoms with Crippen molar-refractivity contribution >= 4 is 23.2 Å². The molecule has 0 aromatic carbocycles. The Labute approximate surface area is 114 Å². The fourth-order valence-electron chi connectivity index (χ4n) is 1.79. The van der Waals surface area contributed by atoms with Gasteiger partial charge in [0.15, 0.2) is 6.10 Å². The molecule has 7 heteroatoms. The molecule has 2 rings (SSSR count). The van der Waals surface area contributed by atoms with Crippen molar-refractivity contribution in [2.75, 3.05) is 19.8 Å². The summed E-state index contributed by atoms with van der Waals surface area (Å²) < 4.78 is 10.4. The maximum Gasteiger partial charge on any atom is 0.305 e. The molecular formula is C12H15NO5S. The standard InChI is InChI=1S/C12H15NO5S/c14-11(15)6-8(10-2-1-5-19-10)13-12(16)9-7-17-3-4-18-9/h1-2,5,8-9H,3-4,6-7H2,(H,13,16)(H,14,15)/t8-,9+/m0/s1. The van der Waals surface area contributed by atoms with E-state index in [1.165, 1.54) is 11.3 Å². The molecule has 0 saturated carbocycles. The molecule has 19 heavy (non-hydrogen) atoms. The van der Waals surface area contributed by atoms with E-state index in [9.17, 15) is 9.59 Å². The van der Waals surface area contributed by atoms with Gasteiger partial charge in [-0.05, 0) is 11.4 Å². The Bertz CT molecular complexity index is 427. The smallest absolute Gasteiger partial charge is 0.305 e. The summed E-state index contributed by atoms with van der Waals surface area (Å²) in [5, 5.41) is 13.5. The van der Waals surface area contributed by atoms with Gasteiger partial charge < -0.3 is 19.9 Å². The van der Waals surface area contributed by atoms with Gasteiger partial charge in [0.1, 0.15) is 0 Å². The summed E-state index contributed by atoms with van der Waals surface area (Å²) in [7, 11) is 0. The summed E-state index contributed by atoms with van der Waals surface area (Å²) >= 11 is 1.41. The summed E-state index contributed by atoms with van der Waals surface area (Å²) in [5.74, 6) is -1.29. The Balaban J connectivity index is 1.99. The highest BCUT2D eigenvalue weighted by Crippen LogP contribution is 2.22. The maximum atomic E-state index is 12.0. The summed E-state index contributed by atoms with van der Waals surface area (Å²) in [6, 6.07) is 3.09. The van der Waals surface area contributed by atoms with E-state index in [0.29, 0.717) is 13.2 Å². The first kappa shape index (κ1) is 14.0. The predicted molar refractivity (Wildman–Crippen MR) is 68.0 cm³/mol. The Morgan fingerprint density at radius 3 is 2.95 bits per heavy atom. The van der Waals surface area contributed by atoms with Crippen molar-refractivity contribution in [2.45, 2.75) is 18.6 Å². The van der Waals surface area contributed by atoms with Crippen LogP contribution in [0, 0.1) is 0 Å². The molecule has 2 N–H and O–H groups in total. The van der Waals surface area contributed by atoms with Crippen LogP contribution in [0.5, 0.6) is 0 Å². The summed E-state index contributed by atoms with van der Waals surface area (Å²) in [5.41, 5.74) is 0. The predicted octanol–water partition coefficient (Wildman–Crippen LogP) is 0.796. The molecule has 2 heterocycles. The van der Waals surface area contributed by atoms with Crippen molar-refractivity contribution < 1.29 is 24.2 Å². The van der Waals surface area contributed by atoms with Crippen LogP contribution in [0.15, 0.2) is 17.5 Å². The molecule has 104 valence electrons. The second-order valence-electron chi connectivity index (χ2n) is 4.11. The van der Waals surface area contributed by atoms with Crippen LogP contribution in [0.2, 0.25) is 0 Å². The number of ether oxygens (including phenoxy) is 2. The average Bonchev–Trinajstić information content (AvgIpc) is 2.92. The molecule has 2 atom stereocenters. The van der Waals surface area contributed by atoms with Crippen LogP contribution in [0.25, 0.3) is 0 Å². The molecule has 1 amide bonds. The number of carbonyl (C=O) groups excluding carboxylic acids is 1. The zero-order chi connectivity index (χ0) is 13.7. The number of carboxylic acid groups (broad SMARTS) is 1. The normalized spacial score (nSPS) is 20.7. The van der Waals surface area contributed by atoms with Crippen molar-refractivity contribution in [2.24, 2.45) is 0 Å². The fourth-order valence-corrected chi connectivity index (χ4v) is 2.57. The summed E-state index contributed by atoms with van der Waals surface area (Å²) in [6.07, 6.45) is -0.815. The lowest BCUT2D eigenvalue weighted by atomic mass is 10.1. The lowest BCUT2D eigenvalue weighted by molar-refractivity contribution is -0.148. The second-order valence-corrected chi connectivity index (χ2v) is 5.09. The van der Waals surface area contributed by atoms with Crippen molar-refractivity contribution in [3.63, 3.8) is 0 Å². The third-order valence-electron chi connectivity index (χ3n) is 2.69. The van der Waals surface area contributed by atoms with Gasteiger partial charge in [0.05, 0.1) is 32.3 Å². The molecule has 1 aliphatic rings. The second kappa shape index (κ2) is 6.65. The maximum absolute atomic E-state index is 12.0. The van der Waals surface area contributed by atoms with E-state index in [0.717, 1.165) is 4.88 Å². The van der Waals surface area contributed by atoms with Gasteiger partial charge in [-0.2, -0.15) is 0 Å². The lowest BCUT2D eigenvalue weighted by Gasteiger charge is -2.24. The minimum atomic E-state index is -0.959. The molecule has 0 unspecified atom stereocenters. The van der Waals surface area contributed by atoms with E-state index in [2.05, 4.69) is 5.32 Å². The Morgan fingerprint density at radius 2 is 2.37 bits per heavy atom. The highest BCUT2D eigenvalue weighted by Gasteiger charge is 2.26. The molecule has 1 aliphatic heterocycles. The van der Waals surface area contributed by atoms with Crippen LogP contribution in [-0.2, 0) is 19.1 Å². The number of hydrogen-bond donors (Lipinski definition) is 2. The highest BCUT2D eigenvalue weighted by molar-refractivity contribution is 7.10. The molecule has 6 nitrogen and oxygen atoms in total. The van der Waals surface area contributed by atoms with E-state index < -0.39 is 18.1 Å². The lowest BCUT2D eigenvalue weighted by Crippen LogP contribution is -2.44. The molecule has 1 saturated heterocycles. The van der Waals surface area contributed by atoms with Crippen LogP contribution in [0.4, 0.5) is 0 Å². The number of carboxylic acids is 1. The molecule has 1 aromatic heterocycles. The van der Waals surface area contributed by atoms with E-state index in [-0.39, 0.29) is 18.9 Å². The fraction of sp³-hybridized carbons (Fsp3) is 0.500.